The van der Waals surface area contributed by atoms with Crippen LogP contribution in [0.25, 0.3) is 0 Å². The summed E-state index contributed by atoms with van der Waals surface area (Å²) in [5.41, 5.74) is -0.777. The molecule has 0 aromatic heterocycles. The molecule has 0 saturated heterocycles. The third-order valence-electron chi connectivity index (χ3n) is 1.89. The summed E-state index contributed by atoms with van der Waals surface area (Å²) >= 11 is 3.78. The highest BCUT2D eigenvalue weighted by atomic mass is 32.1. The second-order valence-electron chi connectivity index (χ2n) is 2.88. The van der Waals surface area contributed by atoms with Gasteiger partial charge in [0.2, 0.25) is 5.82 Å². The van der Waals surface area contributed by atoms with E-state index in [1.54, 1.807) is 0 Å². The van der Waals surface area contributed by atoms with Crippen molar-refractivity contribution in [2.45, 2.75) is 12.8 Å². The van der Waals surface area contributed by atoms with Gasteiger partial charge in [0.15, 0.2) is 23.3 Å². The first kappa shape index (κ1) is 12.3. The Morgan fingerprint density at radius 1 is 0.733 bits per heavy atom. The first-order valence-corrected chi connectivity index (χ1v) is 4.75. The van der Waals surface area contributed by atoms with Crippen LogP contribution in [-0.4, -0.2) is 5.75 Å². The summed E-state index contributed by atoms with van der Waals surface area (Å²) in [6, 6.07) is 0. The molecule has 0 heterocycles. The van der Waals surface area contributed by atoms with Crippen molar-refractivity contribution >= 4 is 12.6 Å². The van der Waals surface area contributed by atoms with Crippen molar-refractivity contribution in [2.75, 3.05) is 5.75 Å². The van der Waals surface area contributed by atoms with Crippen molar-refractivity contribution < 1.29 is 22.0 Å². The molecule has 0 aliphatic carbocycles. The maximum absolute atomic E-state index is 13.0. The standard InChI is InChI=1S/C9H7F5S/c10-5-4(2-1-3-15)6(11)8(13)9(14)7(5)12/h15H,1-3H2. The lowest BCUT2D eigenvalue weighted by molar-refractivity contribution is 0.369. The van der Waals surface area contributed by atoms with E-state index < -0.39 is 34.6 Å². The topological polar surface area (TPSA) is 0 Å². The summed E-state index contributed by atoms with van der Waals surface area (Å²) in [7, 11) is 0. The maximum atomic E-state index is 13.0. The fraction of sp³-hybridized carbons (Fsp3) is 0.333. The molecule has 0 amide bonds. The highest BCUT2D eigenvalue weighted by Crippen LogP contribution is 2.23. The van der Waals surface area contributed by atoms with Crippen molar-refractivity contribution in [3.05, 3.63) is 34.6 Å². The van der Waals surface area contributed by atoms with Gasteiger partial charge in [0.05, 0.1) is 0 Å². The Balaban J connectivity index is 3.26. The zero-order chi connectivity index (χ0) is 11.6. The minimum Gasteiger partial charge on any atom is -0.203 e. The molecular weight excluding hydrogens is 235 g/mol. The smallest absolute Gasteiger partial charge is 0.200 e. The lowest BCUT2D eigenvalue weighted by atomic mass is 10.1. The quantitative estimate of drug-likeness (QED) is 0.357. The highest BCUT2D eigenvalue weighted by Gasteiger charge is 2.24. The van der Waals surface area contributed by atoms with Crippen LogP contribution in [0.1, 0.15) is 12.0 Å². The van der Waals surface area contributed by atoms with Crippen LogP contribution in [-0.2, 0) is 6.42 Å². The predicted molar refractivity (Wildman–Crippen MR) is 48.4 cm³/mol. The van der Waals surface area contributed by atoms with Crippen LogP contribution < -0.4 is 0 Å². The van der Waals surface area contributed by atoms with E-state index in [0.29, 0.717) is 5.75 Å². The molecule has 1 aromatic carbocycles. The second-order valence-corrected chi connectivity index (χ2v) is 3.32. The lowest BCUT2D eigenvalue weighted by Crippen LogP contribution is -2.07. The molecule has 0 nitrogen and oxygen atoms in total. The number of thiol groups is 1. The molecule has 0 bridgehead atoms. The normalized spacial score (nSPS) is 10.8. The number of hydrogen-bond acceptors (Lipinski definition) is 1. The van der Waals surface area contributed by atoms with E-state index in [2.05, 4.69) is 12.6 Å². The zero-order valence-corrected chi connectivity index (χ0v) is 8.35. The summed E-state index contributed by atoms with van der Waals surface area (Å²) in [5.74, 6) is -9.13. The van der Waals surface area contributed by atoms with E-state index in [4.69, 9.17) is 0 Å². The Bertz CT molecular complexity index is 348. The van der Waals surface area contributed by atoms with Gasteiger partial charge >= 0.3 is 0 Å². The molecule has 1 rings (SSSR count). The van der Waals surface area contributed by atoms with Gasteiger partial charge in [0.1, 0.15) is 0 Å². The van der Waals surface area contributed by atoms with E-state index in [0.717, 1.165) is 0 Å². The summed E-state index contributed by atoms with van der Waals surface area (Å²) in [6.07, 6.45) is 0.0107. The Hall–Kier alpha value is -0.780. The predicted octanol–water partition coefficient (Wildman–Crippen LogP) is 3.24. The molecule has 0 unspecified atom stereocenters. The van der Waals surface area contributed by atoms with E-state index >= 15 is 0 Å². The fourth-order valence-electron chi connectivity index (χ4n) is 1.13. The van der Waals surface area contributed by atoms with Crippen LogP contribution in [0.5, 0.6) is 0 Å². The van der Waals surface area contributed by atoms with Crippen LogP contribution in [0.3, 0.4) is 0 Å². The number of halogens is 5. The zero-order valence-electron chi connectivity index (χ0n) is 7.46. The molecule has 15 heavy (non-hydrogen) atoms. The molecule has 0 saturated carbocycles. The minimum absolute atomic E-state index is 0.227. The van der Waals surface area contributed by atoms with Gasteiger partial charge in [-0.15, -0.1) is 0 Å². The van der Waals surface area contributed by atoms with Gasteiger partial charge in [-0.3, -0.25) is 0 Å². The SMILES string of the molecule is Fc1c(F)c(F)c(CCCS)c(F)c1F. The molecular formula is C9H7F5S. The van der Waals surface area contributed by atoms with Crippen LogP contribution in [0.4, 0.5) is 22.0 Å². The van der Waals surface area contributed by atoms with E-state index in [-0.39, 0.29) is 12.8 Å². The van der Waals surface area contributed by atoms with Crippen molar-refractivity contribution in [1.82, 2.24) is 0 Å². The molecule has 1 aromatic rings. The molecule has 0 spiro atoms. The van der Waals surface area contributed by atoms with Gasteiger partial charge in [-0.2, -0.15) is 12.6 Å². The summed E-state index contributed by atoms with van der Waals surface area (Å²) in [6.45, 7) is 0. The second kappa shape index (κ2) is 4.83. The van der Waals surface area contributed by atoms with Crippen LogP contribution in [0.15, 0.2) is 0 Å². The third-order valence-corrected chi connectivity index (χ3v) is 2.20. The Morgan fingerprint density at radius 3 is 1.53 bits per heavy atom. The fourth-order valence-corrected chi connectivity index (χ4v) is 1.28. The van der Waals surface area contributed by atoms with Gasteiger partial charge in [-0.05, 0) is 18.6 Å². The van der Waals surface area contributed by atoms with Gasteiger partial charge in [0.25, 0.3) is 0 Å². The summed E-state index contributed by atoms with van der Waals surface area (Å²) < 4.78 is 63.8. The van der Waals surface area contributed by atoms with Crippen molar-refractivity contribution in [2.24, 2.45) is 0 Å². The summed E-state index contributed by atoms with van der Waals surface area (Å²) in [4.78, 5) is 0. The van der Waals surface area contributed by atoms with Gasteiger partial charge in [-0.25, -0.2) is 22.0 Å². The first-order chi connectivity index (χ1) is 7.00. The van der Waals surface area contributed by atoms with Crippen LogP contribution in [0.2, 0.25) is 0 Å². The third kappa shape index (κ3) is 2.25. The average molecular weight is 242 g/mol. The highest BCUT2D eigenvalue weighted by molar-refractivity contribution is 7.80. The van der Waals surface area contributed by atoms with Crippen molar-refractivity contribution in [1.29, 1.82) is 0 Å². The lowest BCUT2D eigenvalue weighted by Gasteiger charge is -2.06. The molecule has 0 N–H and O–H groups in total. The van der Waals surface area contributed by atoms with Gasteiger partial charge < -0.3 is 0 Å². The molecule has 0 aliphatic heterocycles. The largest absolute Gasteiger partial charge is 0.203 e. The van der Waals surface area contributed by atoms with Crippen molar-refractivity contribution in [3.8, 4) is 0 Å². The van der Waals surface area contributed by atoms with E-state index in [1.807, 2.05) is 0 Å². The molecule has 0 radical (unpaired) electrons. The Kier molecular flexibility index (Phi) is 3.96. The van der Waals surface area contributed by atoms with Gasteiger partial charge in [0, 0.05) is 5.56 Å². The van der Waals surface area contributed by atoms with Crippen LogP contribution >= 0.6 is 12.6 Å². The van der Waals surface area contributed by atoms with E-state index in [9.17, 15) is 22.0 Å². The maximum Gasteiger partial charge on any atom is 0.200 e. The molecule has 0 fully saturated rings. The monoisotopic (exact) mass is 242 g/mol. The van der Waals surface area contributed by atoms with Crippen LogP contribution in [0, 0.1) is 29.1 Å². The van der Waals surface area contributed by atoms with E-state index in [1.165, 1.54) is 0 Å². The summed E-state index contributed by atoms with van der Waals surface area (Å²) in [5, 5.41) is 0. The molecule has 84 valence electrons. The number of rotatable bonds is 3. The molecule has 0 aliphatic rings. The number of hydrogen-bond donors (Lipinski definition) is 1. The Morgan fingerprint density at radius 2 is 1.13 bits per heavy atom. The minimum atomic E-state index is -2.13. The Labute approximate surface area is 88.5 Å². The molecule has 0 atom stereocenters. The number of benzene rings is 1. The molecule has 6 heteroatoms. The average Bonchev–Trinajstić information content (AvgIpc) is 2.24. The van der Waals surface area contributed by atoms with Crippen molar-refractivity contribution in [3.63, 3.8) is 0 Å². The first-order valence-electron chi connectivity index (χ1n) is 4.11. The van der Waals surface area contributed by atoms with Gasteiger partial charge in [-0.1, -0.05) is 0 Å².